The zero-order valence-corrected chi connectivity index (χ0v) is 10.3. The van der Waals surface area contributed by atoms with Gasteiger partial charge in [0.1, 0.15) is 10.9 Å². The van der Waals surface area contributed by atoms with E-state index in [2.05, 4.69) is 15.3 Å². The molecule has 4 nitrogen and oxygen atoms in total. The molecule has 2 rings (SSSR count). The summed E-state index contributed by atoms with van der Waals surface area (Å²) >= 11 is 5.78. The molecule has 1 N–H and O–H groups in total. The Bertz CT molecular complexity index is 531. The van der Waals surface area contributed by atoms with Crippen LogP contribution in [0.5, 0.6) is 5.75 Å². The fourth-order valence-electron chi connectivity index (χ4n) is 1.42. The number of methoxy groups -OCH3 is 1. The van der Waals surface area contributed by atoms with E-state index < -0.39 is 0 Å². The second-order valence-electron chi connectivity index (χ2n) is 3.51. The Morgan fingerprint density at radius 1 is 1.29 bits per heavy atom. The minimum absolute atomic E-state index is 0.404. The minimum Gasteiger partial charge on any atom is -0.496 e. The number of ether oxygens (including phenoxy) is 1. The Hall–Kier alpha value is -1.81. The molecule has 0 aliphatic carbocycles. The normalized spacial score (nSPS) is 10.1. The summed E-state index contributed by atoms with van der Waals surface area (Å²) in [5.41, 5.74) is 1.93. The third-order valence-electron chi connectivity index (χ3n) is 2.29. The summed E-state index contributed by atoms with van der Waals surface area (Å²) in [5.74, 6) is 1.28. The molecule has 2 aromatic rings. The lowest BCUT2D eigenvalue weighted by atomic mass is 10.2. The van der Waals surface area contributed by atoms with Crippen molar-refractivity contribution in [2.45, 2.75) is 6.92 Å². The van der Waals surface area contributed by atoms with Gasteiger partial charge in [-0.2, -0.15) is 0 Å². The van der Waals surface area contributed by atoms with Crippen molar-refractivity contribution >= 4 is 23.2 Å². The fraction of sp³-hybridized carbons (Fsp3) is 0.167. The lowest BCUT2D eigenvalue weighted by Crippen LogP contribution is -1.97. The lowest BCUT2D eigenvalue weighted by molar-refractivity contribution is 0.412. The first kappa shape index (κ1) is 11.7. The number of rotatable bonds is 3. The molecule has 88 valence electrons. The van der Waals surface area contributed by atoms with Crippen LogP contribution >= 0.6 is 11.6 Å². The van der Waals surface area contributed by atoms with Crippen LogP contribution in [-0.2, 0) is 0 Å². The average molecular weight is 250 g/mol. The van der Waals surface area contributed by atoms with E-state index in [9.17, 15) is 0 Å². The predicted octanol–water partition coefficient (Wildman–Crippen LogP) is 3.19. The molecule has 0 saturated carbocycles. The van der Waals surface area contributed by atoms with Crippen LogP contribution in [0.4, 0.5) is 11.6 Å². The van der Waals surface area contributed by atoms with E-state index in [-0.39, 0.29) is 0 Å². The van der Waals surface area contributed by atoms with Gasteiger partial charge >= 0.3 is 0 Å². The number of hydrogen-bond donors (Lipinski definition) is 1. The van der Waals surface area contributed by atoms with E-state index >= 15 is 0 Å². The van der Waals surface area contributed by atoms with Crippen molar-refractivity contribution in [3.05, 3.63) is 41.2 Å². The monoisotopic (exact) mass is 249 g/mol. The number of hydrogen-bond acceptors (Lipinski definition) is 4. The first-order chi connectivity index (χ1) is 8.19. The van der Waals surface area contributed by atoms with Crippen molar-refractivity contribution in [1.82, 2.24) is 9.97 Å². The van der Waals surface area contributed by atoms with Crippen LogP contribution in [0.3, 0.4) is 0 Å². The minimum atomic E-state index is 0.404. The first-order valence-corrected chi connectivity index (χ1v) is 5.47. The van der Waals surface area contributed by atoms with Crippen LogP contribution in [0, 0.1) is 6.92 Å². The van der Waals surface area contributed by atoms with Gasteiger partial charge in [-0.1, -0.05) is 17.7 Å². The van der Waals surface area contributed by atoms with Crippen LogP contribution in [0.1, 0.15) is 5.56 Å². The maximum absolute atomic E-state index is 5.78. The number of aromatic nitrogens is 2. The second-order valence-corrected chi connectivity index (χ2v) is 3.90. The largest absolute Gasteiger partial charge is 0.496 e. The Balaban J connectivity index is 2.24. The molecule has 0 bridgehead atoms. The van der Waals surface area contributed by atoms with Gasteiger partial charge in [-0.05, 0) is 24.6 Å². The molecule has 0 amide bonds. The number of halogens is 1. The van der Waals surface area contributed by atoms with Crippen molar-refractivity contribution < 1.29 is 4.74 Å². The Morgan fingerprint density at radius 3 is 2.82 bits per heavy atom. The van der Waals surface area contributed by atoms with Gasteiger partial charge in [0, 0.05) is 18.0 Å². The van der Waals surface area contributed by atoms with Crippen LogP contribution in [0.2, 0.25) is 5.15 Å². The molecular weight excluding hydrogens is 238 g/mol. The fourth-order valence-corrected chi connectivity index (χ4v) is 1.56. The number of nitrogens with one attached hydrogen (secondary N) is 1. The van der Waals surface area contributed by atoms with Gasteiger partial charge < -0.3 is 10.1 Å². The molecule has 0 spiro atoms. The second kappa shape index (κ2) is 5.01. The Morgan fingerprint density at radius 2 is 2.12 bits per heavy atom. The zero-order chi connectivity index (χ0) is 12.3. The van der Waals surface area contributed by atoms with Crippen LogP contribution < -0.4 is 10.1 Å². The molecule has 1 aromatic heterocycles. The van der Waals surface area contributed by atoms with E-state index in [0.717, 1.165) is 17.0 Å². The first-order valence-electron chi connectivity index (χ1n) is 5.09. The molecule has 5 heteroatoms. The SMILES string of the molecule is COc1cc(Nc2nccc(Cl)n2)ccc1C. The van der Waals surface area contributed by atoms with Gasteiger partial charge in [0.15, 0.2) is 0 Å². The highest BCUT2D eigenvalue weighted by Crippen LogP contribution is 2.23. The summed E-state index contributed by atoms with van der Waals surface area (Å²) in [6, 6.07) is 7.41. The Kier molecular flexibility index (Phi) is 3.44. The topological polar surface area (TPSA) is 47.0 Å². The molecule has 0 atom stereocenters. The molecule has 1 aromatic carbocycles. The van der Waals surface area contributed by atoms with Crippen molar-refractivity contribution in [2.75, 3.05) is 12.4 Å². The maximum Gasteiger partial charge on any atom is 0.228 e. The third kappa shape index (κ3) is 2.85. The number of aryl methyl sites for hydroxylation is 1. The lowest BCUT2D eigenvalue weighted by Gasteiger charge is -2.08. The molecule has 17 heavy (non-hydrogen) atoms. The molecule has 1 heterocycles. The van der Waals surface area contributed by atoms with Gasteiger partial charge in [-0.3, -0.25) is 0 Å². The van der Waals surface area contributed by atoms with Crippen LogP contribution in [0.15, 0.2) is 30.5 Å². The number of anilines is 2. The van der Waals surface area contributed by atoms with Crippen molar-refractivity contribution in [3.63, 3.8) is 0 Å². The van der Waals surface area contributed by atoms with Crippen molar-refractivity contribution in [1.29, 1.82) is 0 Å². The molecule has 0 unspecified atom stereocenters. The van der Waals surface area contributed by atoms with Gasteiger partial charge in [0.05, 0.1) is 7.11 Å². The van der Waals surface area contributed by atoms with E-state index in [1.54, 1.807) is 19.4 Å². The zero-order valence-electron chi connectivity index (χ0n) is 9.57. The summed E-state index contributed by atoms with van der Waals surface area (Å²) in [6.45, 7) is 1.98. The van der Waals surface area contributed by atoms with Gasteiger partial charge in [-0.25, -0.2) is 9.97 Å². The number of benzene rings is 1. The molecule has 0 fully saturated rings. The Labute approximate surface area is 105 Å². The standard InChI is InChI=1S/C12H12ClN3O/c1-8-3-4-9(7-10(8)17-2)15-12-14-6-5-11(13)16-12/h3-7H,1-2H3,(H,14,15,16). The average Bonchev–Trinajstić information content (AvgIpc) is 2.32. The van der Waals surface area contributed by atoms with Crippen molar-refractivity contribution in [2.24, 2.45) is 0 Å². The van der Waals surface area contributed by atoms with Gasteiger partial charge in [0.2, 0.25) is 5.95 Å². The summed E-state index contributed by atoms with van der Waals surface area (Å²) < 4.78 is 5.24. The van der Waals surface area contributed by atoms with E-state index in [1.807, 2.05) is 25.1 Å². The molecule has 0 aliphatic heterocycles. The maximum atomic E-state index is 5.78. The van der Waals surface area contributed by atoms with E-state index in [4.69, 9.17) is 16.3 Å². The van der Waals surface area contributed by atoms with Gasteiger partial charge in [0.25, 0.3) is 0 Å². The van der Waals surface area contributed by atoms with E-state index in [0.29, 0.717) is 11.1 Å². The number of nitrogens with zero attached hydrogens (tertiary/aromatic N) is 2. The highest BCUT2D eigenvalue weighted by molar-refractivity contribution is 6.29. The summed E-state index contributed by atoms with van der Waals surface area (Å²) in [6.07, 6.45) is 1.60. The predicted molar refractivity (Wildman–Crippen MR) is 68.1 cm³/mol. The molecule has 0 saturated heterocycles. The summed E-state index contributed by atoms with van der Waals surface area (Å²) in [4.78, 5) is 8.11. The third-order valence-corrected chi connectivity index (χ3v) is 2.50. The molecular formula is C12H12ClN3O. The summed E-state index contributed by atoms with van der Waals surface area (Å²) in [7, 11) is 1.64. The summed E-state index contributed by atoms with van der Waals surface area (Å²) in [5, 5.41) is 3.46. The molecule has 0 aliphatic rings. The smallest absolute Gasteiger partial charge is 0.228 e. The van der Waals surface area contributed by atoms with Crippen LogP contribution in [0.25, 0.3) is 0 Å². The van der Waals surface area contributed by atoms with Gasteiger partial charge in [-0.15, -0.1) is 0 Å². The van der Waals surface area contributed by atoms with E-state index in [1.165, 1.54) is 0 Å². The van der Waals surface area contributed by atoms with Crippen LogP contribution in [-0.4, -0.2) is 17.1 Å². The molecule has 0 radical (unpaired) electrons. The van der Waals surface area contributed by atoms with Crippen molar-refractivity contribution in [3.8, 4) is 5.75 Å². The quantitative estimate of drug-likeness (QED) is 0.849. The highest BCUT2D eigenvalue weighted by Gasteiger charge is 2.02. The highest BCUT2D eigenvalue weighted by atomic mass is 35.5.